The van der Waals surface area contributed by atoms with Gasteiger partial charge in [0, 0.05) is 64.0 Å². The number of likely N-dealkylation sites (tertiary alicyclic amines) is 1. The Morgan fingerprint density at radius 1 is 0.712 bits per heavy atom. The number of benzene rings is 3. The summed E-state index contributed by atoms with van der Waals surface area (Å²) < 4.78 is 47.6. The Bertz CT molecular complexity index is 3610. The molecule has 3 aromatic carbocycles. The number of methoxy groups -OCH3 is 2. The Morgan fingerprint density at radius 2 is 1.34 bits per heavy atom. The van der Waals surface area contributed by atoms with E-state index in [0.29, 0.717) is 81.5 Å². The fraction of sp³-hybridized carbons (Fsp3) is 0.613. The molecule has 31 heteroatoms. The molecule has 9 N–H and O–H groups in total. The number of aliphatic hydroxyl groups excluding tert-OH is 1. The van der Waals surface area contributed by atoms with Gasteiger partial charge in [0.1, 0.15) is 30.4 Å². The first-order valence-corrected chi connectivity index (χ1v) is 38.3. The number of rotatable bonds is 50. The number of carbonyl (C=O) groups is 8. The number of anilines is 1. The molecule has 1 aromatic heterocycles. The van der Waals surface area contributed by atoms with E-state index in [1.807, 2.05) is 65.1 Å². The molecule has 0 saturated carbocycles. The van der Waals surface area contributed by atoms with Crippen LogP contribution in [0, 0.1) is 52.8 Å². The molecule has 612 valence electrons. The molecular formula is C80H120N14O17. The zero-order valence-corrected chi connectivity index (χ0v) is 67.1. The maximum Gasteiger partial charge on any atom is 0.410 e. The van der Waals surface area contributed by atoms with Crippen LogP contribution in [0.3, 0.4) is 0 Å². The van der Waals surface area contributed by atoms with Gasteiger partial charge < -0.3 is 85.5 Å². The topological polar surface area (TPSA) is 393 Å². The van der Waals surface area contributed by atoms with E-state index in [9.17, 15) is 43.5 Å². The highest BCUT2D eigenvalue weighted by Crippen LogP contribution is 2.31. The number of nitriles is 1. The van der Waals surface area contributed by atoms with Crippen LogP contribution in [0.25, 0.3) is 5.69 Å². The standard InChI is InChI=1S/C80H120N14O17/c1-15-55(8)71(66(104-13)48-68(96)93-38-21-26-65(93)73(105-14)56(9)75(98)84-57(10)72(97)60-23-17-16-18-24-60)91(11)74(54(6)7)88-78(101)70(53(4)5)92(12)80(103)111-50-59-27-31-61(32-28-59)85-76(99)64(25-20-37-83-79(82)102)86-77(100)69(52(2)3)87-67(95)35-39-106-40-41-107-42-43-108-44-45-109-46-47-110-51-62-49-94(90-89-62)63-33-29-58(30-34-63)22-19-36-81/h16-18,23-24,27-34,49,52-57,64-66,69-74,97H,15,20-21,25-26,35,37-48,50-51H2,1-14H3,(H,84,98)(H,85,99)(H,86,100)(H,87,95)(H,88,101)(H3,82,83,102)/t55-,56+,57+,64-,65-,66+,69-,70-,71-,72+,73+,74+/m0/s1. The van der Waals surface area contributed by atoms with Gasteiger partial charge in [-0.3, -0.25) is 38.6 Å². The predicted molar refractivity (Wildman–Crippen MR) is 415 cm³/mol. The van der Waals surface area contributed by atoms with Crippen LogP contribution >= 0.6 is 0 Å². The summed E-state index contributed by atoms with van der Waals surface area (Å²) in [6, 6.07) is 19.5. The molecule has 1 aliphatic heterocycles. The van der Waals surface area contributed by atoms with Crippen LogP contribution in [-0.4, -0.2) is 238 Å². The van der Waals surface area contributed by atoms with Gasteiger partial charge in [0.05, 0.1) is 127 Å². The van der Waals surface area contributed by atoms with E-state index in [2.05, 4.69) is 72.8 Å². The average Bonchev–Trinajstić information content (AvgIpc) is 1.78. The van der Waals surface area contributed by atoms with Gasteiger partial charge in [0.15, 0.2) is 6.07 Å². The number of ether oxygens (including phenoxy) is 8. The second-order valence-electron chi connectivity index (χ2n) is 28.8. The number of primary amides is 1. The maximum absolute atomic E-state index is 14.6. The van der Waals surface area contributed by atoms with E-state index in [1.54, 1.807) is 112 Å². The Labute approximate surface area is 654 Å². The number of amides is 9. The SMILES string of the molecule is CC[C@H](C)[C@@H]([C@@H](CC(=O)N1CCC[C@H]1[C@H](OC)[C@@H](C)C(=O)N[C@H](C)[C@@H](O)c1ccccc1)OC)N(C)[C@@H](NC(=O)[C@H](C(C)C)N(C)C(=O)OCc1ccc(NC(=O)[C@H](CCCNC(N)=O)NC(=O)[C@@H](NC(=O)CCOCCOCCOCCOCCOCc2cn(-c3ccc(C#CC#N)cc3)nn2)C(C)C)cc1)C(C)C. The first-order chi connectivity index (χ1) is 53.1. The van der Waals surface area contributed by atoms with E-state index in [0.717, 1.165) is 17.7 Å². The van der Waals surface area contributed by atoms with Crippen molar-refractivity contribution in [1.29, 1.82) is 5.26 Å². The van der Waals surface area contributed by atoms with Gasteiger partial charge >= 0.3 is 12.1 Å². The Balaban J connectivity index is 1.05. The highest BCUT2D eigenvalue weighted by atomic mass is 16.6. The van der Waals surface area contributed by atoms with Crippen molar-refractivity contribution >= 4 is 53.3 Å². The number of aromatic nitrogens is 3. The second kappa shape index (κ2) is 49.3. The molecule has 1 saturated heterocycles. The highest BCUT2D eigenvalue weighted by molar-refractivity contribution is 5.98. The van der Waals surface area contributed by atoms with E-state index < -0.39 is 96.4 Å². The Kier molecular flexibility index (Phi) is 41.0. The lowest BCUT2D eigenvalue weighted by Gasteiger charge is -2.44. The monoisotopic (exact) mass is 1550 g/mol. The van der Waals surface area contributed by atoms with Crippen LogP contribution in [-0.2, 0) is 79.9 Å². The van der Waals surface area contributed by atoms with E-state index in [1.165, 1.54) is 11.9 Å². The van der Waals surface area contributed by atoms with Gasteiger partial charge in [-0.2, -0.15) is 5.26 Å². The molecule has 2 heterocycles. The fourth-order valence-corrected chi connectivity index (χ4v) is 13.3. The average molecular weight is 1550 g/mol. The van der Waals surface area contributed by atoms with Crippen molar-refractivity contribution < 1.29 is 81.4 Å². The quantitative estimate of drug-likeness (QED) is 0.0139. The van der Waals surface area contributed by atoms with E-state index in [-0.39, 0.29) is 107 Å². The summed E-state index contributed by atoms with van der Waals surface area (Å²) in [6.07, 6.45) is 0.633. The Morgan fingerprint density at radius 3 is 1.92 bits per heavy atom. The largest absolute Gasteiger partial charge is 0.445 e. The molecule has 0 radical (unpaired) electrons. The van der Waals surface area contributed by atoms with Crippen molar-refractivity contribution in [2.24, 2.45) is 35.3 Å². The number of aliphatic hydroxyl groups is 1. The molecule has 12 atom stereocenters. The fourth-order valence-electron chi connectivity index (χ4n) is 13.3. The van der Waals surface area contributed by atoms with Crippen molar-refractivity contribution in [3.63, 3.8) is 0 Å². The predicted octanol–water partition coefficient (Wildman–Crippen LogP) is 6.15. The first-order valence-electron chi connectivity index (χ1n) is 38.3. The summed E-state index contributed by atoms with van der Waals surface area (Å²) in [7, 11) is 6.53. The van der Waals surface area contributed by atoms with Gasteiger partial charge in [-0.1, -0.05) is 122 Å². The maximum atomic E-state index is 14.6. The van der Waals surface area contributed by atoms with Crippen molar-refractivity contribution in [1.82, 2.24) is 56.3 Å². The minimum absolute atomic E-state index is 0.0155. The third-order valence-electron chi connectivity index (χ3n) is 19.5. The van der Waals surface area contributed by atoms with E-state index in [4.69, 9.17) is 48.9 Å². The smallest absolute Gasteiger partial charge is 0.410 e. The molecule has 4 aromatic rings. The summed E-state index contributed by atoms with van der Waals surface area (Å²) in [5.74, 6) is 1.04. The van der Waals surface area contributed by atoms with Crippen LogP contribution in [0.4, 0.5) is 15.3 Å². The summed E-state index contributed by atoms with van der Waals surface area (Å²) in [6.45, 7) is 22.1. The first kappa shape index (κ1) is 92.5. The van der Waals surface area contributed by atoms with Crippen molar-refractivity contribution in [3.05, 3.63) is 107 Å². The van der Waals surface area contributed by atoms with Crippen molar-refractivity contribution in [3.8, 4) is 23.6 Å². The van der Waals surface area contributed by atoms with Gasteiger partial charge in [0.25, 0.3) is 0 Å². The second-order valence-corrected chi connectivity index (χ2v) is 28.8. The van der Waals surface area contributed by atoms with Crippen molar-refractivity contribution in [2.75, 3.05) is 106 Å². The van der Waals surface area contributed by atoms with Crippen LogP contribution in [0.5, 0.6) is 0 Å². The van der Waals surface area contributed by atoms with Crippen molar-refractivity contribution in [2.45, 2.75) is 188 Å². The number of hydrogen-bond acceptors (Lipinski definition) is 21. The molecule has 5 rings (SSSR count). The van der Waals surface area contributed by atoms with Gasteiger partial charge in [0.2, 0.25) is 35.4 Å². The van der Waals surface area contributed by atoms with Crippen LogP contribution in [0.1, 0.15) is 143 Å². The number of urea groups is 1. The number of carbonyl (C=O) groups excluding carboxylic acids is 8. The van der Waals surface area contributed by atoms with Gasteiger partial charge in [-0.05, 0) is 111 Å². The molecule has 0 spiro atoms. The molecule has 1 aliphatic rings. The molecule has 111 heavy (non-hydrogen) atoms. The number of likely N-dealkylation sites (N-methyl/N-ethyl adjacent to an activating group) is 2. The molecular weight excluding hydrogens is 1430 g/mol. The number of nitrogens with zero attached hydrogens (tertiary/aromatic N) is 7. The summed E-state index contributed by atoms with van der Waals surface area (Å²) in [5.41, 5.74) is 9.05. The van der Waals surface area contributed by atoms with Crippen LogP contribution in [0.15, 0.2) is 85.1 Å². The Hall–Kier alpha value is -9.15. The van der Waals surface area contributed by atoms with Crippen LogP contribution < -0.4 is 37.6 Å². The van der Waals surface area contributed by atoms with Crippen LogP contribution in [0.2, 0.25) is 0 Å². The normalized spacial score (nSPS) is 15.8. The molecule has 31 nitrogen and oxygen atoms in total. The lowest BCUT2D eigenvalue weighted by atomic mass is 9.89. The summed E-state index contributed by atoms with van der Waals surface area (Å²) in [4.78, 5) is 114. The third-order valence-corrected chi connectivity index (χ3v) is 19.5. The number of hydrogen-bond donors (Lipinski definition) is 8. The minimum Gasteiger partial charge on any atom is -0.445 e. The third kappa shape index (κ3) is 30.8. The molecule has 1 fully saturated rings. The summed E-state index contributed by atoms with van der Waals surface area (Å²) >= 11 is 0. The molecule has 9 amide bonds. The lowest BCUT2D eigenvalue weighted by molar-refractivity contribution is -0.144. The zero-order valence-electron chi connectivity index (χ0n) is 67.1. The molecule has 0 bridgehead atoms. The number of nitrogens with two attached hydrogens (primary N) is 1. The van der Waals surface area contributed by atoms with Gasteiger partial charge in [-0.25, -0.2) is 14.3 Å². The van der Waals surface area contributed by atoms with Gasteiger partial charge in [-0.15, -0.1) is 5.10 Å². The molecule has 0 unspecified atom stereocenters. The lowest BCUT2D eigenvalue weighted by Crippen LogP contribution is -2.62. The zero-order chi connectivity index (χ0) is 81.5. The number of nitrogens with one attached hydrogen (secondary N) is 6. The summed E-state index contributed by atoms with van der Waals surface area (Å²) in [5, 5.41) is 45.0. The highest BCUT2D eigenvalue weighted by Gasteiger charge is 2.44. The van der Waals surface area contributed by atoms with E-state index >= 15 is 0 Å². The minimum atomic E-state index is -1.11. The molecule has 0 aliphatic carbocycles.